The van der Waals surface area contributed by atoms with E-state index in [1.165, 1.54) is 89.2 Å². The predicted molar refractivity (Wildman–Crippen MR) is 171 cm³/mol. The van der Waals surface area contributed by atoms with Crippen LogP contribution in [0.1, 0.15) is 144 Å². The Kier molecular flexibility index (Phi) is 11.9. The van der Waals surface area contributed by atoms with Gasteiger partial charge in [0.05, 0.1) is 6.04 Å². The second-order valence-electron chi connectivity index (χ2n) is 14.9. The fourth-order valence-corrected chi connectivity index (χ4v) is 10.5. The number of hydrogen-bond acceptors (Lipinski definition) is 4. The van der Waals surface area contributed by atoms with Crippen LogP contribution in [-0.2, 0) is 9.59 Å². The van der Waals surface area contributed by atoms with Gasteiger partial charge in [-0.05, 0) is 106 Å². The highest BCUT2D eigenvalue weighted by atomic mass is 32.2. The van der Waals surface area contributed by atoms with Crippen molar-refractivity contribution in [2.45, 2.75) is 161 Å². The van der Waals surface area contributed by atoms with Crippen LogP contribution in [-0.4, -0.2) is 52.3 Å². The number of nitrogens with one attached hydrogen (secondary N) is 1. The highest BCUT2D eigenvalue weighted by Gasteiger charge is 2.59. The van der Waals surface area contributed by atoms with E-state index in [0.29, 0.717) is 30.1 Å². The topological polar surface area (TPSA) is 49.4 Å². The van der Waals surface area contributed by atoms with Gasteiger partial charge >= 0.3 is 0 Å². The summed E-state index contributed by atoms with van der Waals surface area (Å²) >= 11 is 2.08. The van der Waals surface area contributed by atoms with Gasteiger partial charge in [-0.15, -0.1) is 0 Å². The van der Waals surface area contributed by atoms with Crippen molar-refractivity contribution in [2.75, 3.05) is 18.8 Å². The van der Waals surface area contributed by atoms with Crippen LogP contribution in [0.2, 0.25) is 0 Å². The number of unbranched alkanes of at least 4 members (excludes halogenated alkanes) is 8. The molecule has 5 heteroatoms. The van der Waals surface area contributed by atoms with E-state index in [2.05, 4.69) is 56.6 Å². The second kappa shape index (κ2) is 14.8. The van der Waals surface area contributed by atoms with Gasteiger partial charge in [0.1, 0.15) is 0 Å². The van der Waals surface area contributed by atoms with Crippen LogP contribution in [0.25, 0.3) is 0 Å². The molecular formula is C35H62N2O2S. The maximum atomic E-state index is 13.4. The Morgan fingerprint density at radius 1 is 0.950 bits per heavy atom. The van der Waals surface area contributed by atoms with Crippen molar-refractivity contribution in [3.8, 4) is 0 Å². The summed E-state index contributed by atoms with van der Waals surface area (Å²) in [4.78, 5) is 28.7. The summed E-state index contributed by atoms with van der Waals surface area (Å²) < 4.78 is 0. The lowest BCUT2D eigenvalue weighted by molar-refractivity contribution is -0.160. The molecule has 2 aliphatic heterocycles. The van der Waals surface area contributed by atoms with Gasteiger partial charge in [-0.1, -0.05) is 72.1 Å². The number of nitrogens with zero attached hydrogens (tertiary/aromatic N) is 1. The van der Waals surface area contributed by atoms with Gasteiger partial charge in [0, 0.05) is 24.4 Å². The molecule has 2 saturated carbocycles. The van der Waals surface area contributed by atoms with Crippen LogP contribution >= 0.6 is 11.8 Å². The molecule has 40 heavy (non-hydrogen) atoms. The molecule has 4 aliphatic rings. The Morgan fingerprint density at radius 3 is 2.33 bits per heavy atom. The summed E-state index contributed by atoms with van der Waals surface area (Å²) in [5, 5.41) is 3.96. The molecular weight excluding hydrogens is 512 g/mol. The molecule has 0 aromatic rings. The first-order valence-corrected chi connectivity index (χ1v) is 18.4. The summed E-state index contributed by atoms with van der Waals surface area (Å²) in [5.74, 6) is 4.20. The lowest BCUT2D eigenvalue weighted by atomic mass is 9.52. The minimum atomic E-state index is -0.0280. The number of fused-ring (bicyclic) bond motifs is 5. The average molecular weight is 575 g/mol. The molecule has 0 radical (unpaired) electrons. The first kappa shape index (κ1) is 32.4. The van der Waals surface area contributed by atoms with Gasteiger partial charge in [0.2, 0.25) is 5.91 Å². The number of Topliss-reactive ketones (excluding diaryl/α,β-unsaturated/α-hetero) is 1. The van der Waals surface area contributed by atoms with E-state index in [0.717, 1.165) is 42.9 Å². The highest BCUT2D eigenvalue weighted by molar-refractivity contribution is 7.99. The Hall–Kier alpha value is -0.550. The monoisotopic (exact) mass is 574 g/mol. The van der Waals surface area contributed by atoms with E-state index >= 15 is 0 Å². The molecule has 0 aromatic heterocycles. The van der Waals surface area contributed by atoms with Gasteiger partial charge in [-0.25, -0.2) is 0 Å². The Labute approximate surface area is 251 Å². The van der Waals surface area contributed by atoms with E-state index in [9.17, 15) is 9.59 Å². The van der Waals surface area contributed by atoms with Gasteiger partial charge < -0.3 is 5.32 Å². The third-order valence-electron chi connectivity index (χ3n) is 11.9. The van der Waals surface area contributed by atoms with Crippen LogP contribution in [0.4, 0.5) is 0 Å². The number of rotatable bonds is 15. The molecule has 2 unspecified atom stereocenters. The quantitative estimate of drug-likeness (QED) is 0.199. The van der Waals surface area contributed by atoms with Crippen molar-refractivity contribution in [1.82, 2.24) is 10.2 Å². The first-order valence-electron chi connectivity index (χ1n) is 17.3. The molecule has 2 heterocycles. The van der Waals surface area contributed by atoms with Crippen LogP contribution < -0.4 is 5.32 Å². The van der Waals surface area contributed by atoms with Gasteiger partial charge in [-0.3, -0.25) is 14.5 Å². The van der Waals surface area contributed by atoms with Crippen LogP contribution in [0.5, 0.6) is 0 Å². The minimum Gasteiger partial charge on any atom is -0.355 e. The SMILES string of the molecule is CC(C)SCCCCCCCCCCCC(=O)NCC1C[C@]2(C)[C@H]3CC[C@]4(C)CCC[C@H]4[C@@H]3CCN2C(C)C1=O. The number of carbonyl (C=O) groups is 2. The summed E-state index contributed by atoms with van der Waals surface area (Å²) in [6, 6.07) is -0.0163. The molecule has 0 spiro atoms. The third kappa shape index (κ3) is 7.69. The molecule has 230 valence electrons. The van der Waals surface area contributed by atoms with Crippen LogP contribution in [0.15, 0.2) is 0 Å². The molecule has 2 aliphatic carbocycles. The number of thioether (sulfide) groups is 1. The zero-order valence-corrected chi connectivity index (χ0v) is 27.6. The average Bonchev–Trinajstić information content (AvgIpc) is 3.32. The van der Waals surface area contributed by atoms with E-state index in [4.69, 9.17) is 0 Å². The number of carbonyl (C=O) groups excluding carboxylic acids is 2. The van der Waals surface area contributed by atoms with Crippen molar-refractivity contribution in [3.63, 3.8) is 0 Å². The summed E-state index contributed by atoms with van der Waals surface area (Å²) in [5.41, 5.74) is 0.665. The molecule has 4 fully saturated rings. The van der Waals surface area contributed by atoms with Crippen molar-refractivity contribution in [3.05, 3.63) is 0 Å². The van der Waals surface area contributed by atoms with E-state index in [1.807, 2.05) is 0 Å². The largest absolute Gasteiger partial charge is 0.355 e. The zero-order chi connectivity index (χ0) is 28.8. The van der Waals surface area contributed by atoms with Crippen molar-refractivity contribution in [1.29, 1.82) is 0 Å². The number of piperidine rings is 2. The summed E-state index contributed by atoms with van der Waals surface area (Å²) in [7, 11) is 0. The van der Waals surface area contributed by atoms with Gasteiger partial charge in [0.15, 0.2) is 5.78 Å². The van der Waals surface area contributed by atoms with Crippen molar-refractivity contribution < 1.29 is 9.59 Å². The third-order valence-corrected chi connectivity index (χ3v) is 13.1. The van der Waals surface area contributed by atoms with E-state index in [1.54, 1.807) is 0 Å². The van der Waals surface area contributed by atoms with E-state index < -0.39 is 0 Å². The molecule has 4 nitrogen and oxygen atoms in total. The molecule has 1 N–H and O–H groups in total. The zero-order valence-electron chi connectivity index (χ0n) is 26.8. The predicted octanol–water partition coefficient (Wildman–Crippen LogP) is 8.42. The minimum absolute atomic E-state index is 0.0163. The smallest absolute Gasteiger partial charge is 0.220 e. The molecule has 7 atom stereocenters. The lowest BCUT2D eigenvalue weighted by Gasteiger charge is -2.63. The maximum Gasteiger partial charge on any atom is 0.220 e. The molecule has 1 amide bonds. The van der Waals surface area contributed by atoms with E-state index in [-0.39, 0.29) is 23.4 Å². The highest BCUT2D eigenvalue weighted by Crippen LogP contribution is 2.62. The Balaban J connectivity index is 1.13. The molecule has 0 aromatic carbocycles. The molecule has 4 rings (SSSR count). The second-order valence-corrected chi connectivity index (χ2v) is 16.6. The standard InChI is InChI=1S/C35H62N2O2S/c1-26(2)40-23-14-12-10-8-6-7-9-11-13-17-32(38)36-25-28-24-35(5)31-18-21-34(4)20-15-16-30(34)29(31)19-22-37(35)27(3)33(28)39/h26-31H,6-25H2,1-5H3,(H,36,38)/t27?,28?,29-,30-,31-,34-,35+/m0/s1. The molecule has 0 bridgehead atoms. The molecule has 2 saturated heterocycles. The fourth-order valence-electron chi connectivity index (χ4n) is 9.65. The normalized spacial score (nSPS) is 35.9. The van der Waals surface area contributed by atoms with Crippen molar-refractivity contribution >= 4 is 23.5 Å². The summed E-state index contributed by atoms with van der Waals surface area (Å²) in [6.07, 6.45) is 21.2. The lowest BCUT2D eigenvalue weighted by Crippen LogP contribution is -2.69. The maximum absolute atomic E-state index is 13.4. The van der Waals surface area contributed by atoms with Crippen LogP contribution in [0, 0.1) is 29.1 Å². The Morgan fingerprint density at radius 2 is 1.62 bits per heavy atom. The number of hydrogen-bond donors (Lipinski definition) is 1. The number of amides is 1. The van der Waals surface area contributed by atoms with Gasteiger partial charge in [-0.2, -0.15) is 11.8 Å². The Bertz CT molecular complexity index is 832. The fraction of sp³-hybridized carbons (Fsp3) is 0.943. The van der Waals surface area contributed by atoms with Crippen LogP contribution in [0.3, 0.4) is 0 Å². The number of ketones is 1. The van der Waals surface area contributed by atoms with Gasteiger partial charge in [0.25, 0.3) is 0 Å². The first-order chi connectivity index (χ1) is 19.2. The van der Waals surface area contributed by atoms with Crippen molar-refractivity contribution in [2.24, 2.45) is 29.1 Å². The summed E-state index contributed by atoms with van der Waals surface area (Å²) in [6.45, 7) is 13.4.